The quantitative estimate of drug-likeness (QED) is 0.146. The van der Waals surface area contributed by atoms with Crippen LogP contribution in [0.25, 0.3) is 131 Å². The third-order valence-electron chi connectivity index (χ3n) is 18.3. The number of rotatable bonds is 6. The molecule has 0 radical (unpaired) electrons. The van der Waals surface area contributed by atoms with E-state index in [4.69, 9.17) is 0 Å². The van der Waals surface area contributed by atoms with Gasteiger partial charge in [-0.3, -0.25) is 0 Å². The second-order valence-corrected chi connectivity index (χ2v) is 22.6. The fraction of sp³-hybridized carbons (Fsp3) is 0.0244. The molecule has 0 amide bonds. The molecular formula is C82H52. The molecule has 0 spiro atoms. The van der Waals surface area contributed by atoms with E-state index in [9.17, 15) is 0 Å². The average molecular weight is 1040 g/mol. The summed E-state index contributed by atoms with van der Waals surface area (Å²) in [5.74, 6) is 0. The van der Waals surface area contributed by atoms with E-state index in [2.05, 4.69) is 303 Å². The van der Waals surface area contributed by atoms with Gasteiger partial charge in [0.1, 0.15) is 0 Å². The SMILES string of the molecule is c1ccc2c(-c3ccc(C4(c5ccc(-c6c7ccccc7cc7ccccc67)cc5)c5cc(-c6c7ccccc7cc7ccccc67)ccc5Cc5ccc(-c6c7ccccc7cc7ccccc67)cc54)cc3)c3ccccc3cc2c1. The lowest BCUT2D eigenvalue weighted by Crippen LogP contribution is -2.36. The van der Waals surface area contributed by atoms with Gasteiger partial charge in [-0.25, -0.2) is 0 Å². The molecule has 0 heterocycles. The van der Waals surface area contributed by atoms with Crippen LogP contribution in [0.1, 0.15) is 33.4 Å². The maximum atomic E-state index is 2.59. The molecule has 0 saturated carbocycles. The van der Waals surface area contributed by atoms with E-state index in [1.54, 1.807) is 0 Å². The Kier molecular flexibility index (Phi) is 10.4. The van der Waals surface area contributed by atoms with Crippen LogP contribution in [0.3, 0.4) is 0 Å². The predicted molar refractivity (Wildman–Crippen MR) is 349 cm³/mol. The highest BCUT2D eigenvalue weighted by atomic mass is 14.5. The van der Waals surface area contributed by atoms with Crippen LogP contribution in [-0.2, 0) is 11.8 Å². The molecule has 82 heavy (non-hydrogen) atoms. The minimum atomic E-state index is -0.783. The molecule has 380 valence electrons. The van der Waals surface area contributed by atoms with Gasteiger partial charge in [0.15, 0.2) is 0 Å². The lowest BCUT2D eigenvalue weighted by Gasteiger charge is -2.43. The van der Waals surface area contributed by atoms with Crippen LogP contribution in [0.5, 0.6) is 0 Å². The van der Waals surface area contributed by atoms with E-state index < -0.39 is 5.41 Å². The van der Waals surface area contributed by atoms with Gasteiger partial charge < -0.3 is 0 Å². The zero-order chi connectivity index (χ0) is 53.9. The largest absolute Gasteiger partial charge is 0.0707 e. The normalized spacial score (nSPS) is 12.9. The van der Waals surface area contributed by atoms with Gasteiger partial charge in [-0.1, -0.05) is 267 Å². The van der Waals surface area contributed by atoms with Crippen LogP contribution in [-0.4, -0.2) is 0 Å². The molecule has 16 aromatic rings. The molecule has 0 aromatic heterocycles. The van der Waals surface area contributed by atoms with E-state index in [0.717, 1.165) is 6.42 Å². The van der Waals surface area contributed by atoms with Gasteiger partial charge in [0.2, 0.25) is 0 Å². The predicted octanol–water partition coefficient (Wildman–Crippen LogP) is 21.9. The number of benzene rings is 16. The monoisotopic (exact) mass is 1040 g/mol. The third kappa shape index (κ3) is 7.05. The van der Waals surface area contributed by atoms with Crippen LogP contribution >= 0.6 is 0 Å². The van der Waals surface area contributed by atoms with E-state index in [1.165, 1.54) is 164 Å². The average Bonchev–Trinajstić information content (AvgIpc) is 1.40. The second-order valence-electron chi connectivity index (χ2n) is 22.6. The van der Waals surface area contributed by atoms with Gasteiger partial charge in [0.05, 0.1) is 5.41 Å². The van der Waals surface area contributed by atoms with Gasteiger partial charge in [-0.2, -0.15) is 0 Å². The Hall–Kier alpha value is -10.4. The zero-order valence-electron chi connectivity index (χ0n) is 45.1. The fourth-order valence-corrected chi connectivity index (χ4v) is 14.7. The summed E-state index contributed by atoms with van der Waals surface area (Å²) in [6.45, 7) is 0. The molecule has 0 unspecified atom stereocenters. The molecule has 1 aliphatic rings. The number of fused-ring (bicyclic) bond motifs is 10. The standard InChI is InChI=1S/C82H52/c1-9-25-68-54(17-1)45-55-18-2-10-26-69(55)78(68)52-37-41-66(42-38-52)82(67-43-39-53(40-44-67)79-70-27-11-3-19-56(70)46-57-20-4-12-28-71(57)79)76-50-64(80-72-29-13-5-21-58(72)47-59-22-6-14-30-73(59)80)35-33-62(76)49-63-34-36-65(51-77(63)82)81-74-31-15-7-23-60(74)48-61-24-8-16-32-75(61)81/h1-48,50-51H,49H2. The first kappa shape index (κ1) is 46.5. The molecule has 0 bridgehead atoms. The van der Waals surface area contributed by atoms with Gasteiger partial charge in [0, 0.05) is 0 Å². The summed E-state index contributed by atoms with van der Waals surface area (Å²) in [5, 5.41) is 20.0. The van der Waals surface area contributed by atoms with Crippen LogP contribution in [0, 0.1) is 0 Å². The third-order valence-corrected chi connectivity index (χ3v) is 18.3. The summed E-state index contributed by atoms with van der Waals surface area (Å²) in [6.07, 6.45) is 0.805. The van der Waals surface area contributed by atoms with Crippen LogP contribution in [0.2, 0.25) is 0 Å². The number of hydrogen-bond donors (Lipinski definition) is 0. The molecule has 0 N–H and O–H groups in total. The highest BCUT2D eigenvalue weighted by molar-refractivity contribution is 6.16. The first-order chi connectivity index (χ1) is 40.6. The smallest absolute Gasteiger partial charge is 0.0616 e. The summed E-state index contributed by atoms with van der Waals surface area (Å²) >= 11 is 0. The highest BCUT2D eigenvalue weighted by Gasteiger charge is 2.45. The Morgan fingerprint density at radius 2 is 0.415 bits per heavy atom. The highest BCUT2D eigenvalue weighted by Crippen LogP contribution is 2.55. The van der Waals surface area contributed by atoms with Crippen molar-refractivity contribution >= 4 is 86.2 Å². The molecule has 16 aromatic carbocycles. The molecule has 0 fully saturated rings. The number of hydrogen-bond acceptors (Lipinski definition) is 0. The van der Waals surface area contributed by atoms with Gasteiger partial charge >= 0.3 is 0 Å². The van der Waals surface area contributed by atoms with Crippen LogP contribution in [0.4, 0.5) is 0 Å². The van der Waals surface area contributed by atoms with E-state index >= 15 is 0 Å². The summed E-state index contributed by atoms with van der Waals surface area (Å²) in [7, 11) is 0. The molecule has 0 aliphatic heterocycles. The van der Waals surface area contributed by atoms with Gasteiger partial charge in [0.25, 0.3) is 0 Å². The van der Waals surface area contributed by atoms with Crippen molar-refractivity contribution in [3.8, 4) is 44.5 Å². The van der Waals surface area contributed by atoms with Gasteiger partial charge in [-0.15, -0.1) is 0 Å². The van der Waals surface area contributed by atoms with Crippen molar-refractivity contribution in [1.82, 2.24) is 0 Å². The first-order valence-electron chi connectivity index (χ1n) is 28.8. The van der Waals surface area contributed by atoms with Crippen molar-refractivity contribution < 1.29 is 0 Å². The second kappa shape index (κ2) is 18.3. The van der Waals surface area contributed by atoms with E-state index in [-0.39, 0.29) is 0 Å². The molecule has 0 atom stereocenters. The van der Waals surface area contributed by atoms with Crippen molar-refractivity contribution in [2.75, 3.05) is 0 Å². The van der Waals surface area contributed by atoms with Crippen molar-refractivity contribution in [1.29, 1.82) is 0 Å². The Morgan fingerprint density at radius 3 is 0.671 bits per heavy atom. The topological polar surface area (TPSA) is 0 Å². The zero-order valence-corrected chi connectivity index (χ0v) is 45.1. The van der Waals surface area contributed by atoms with Crippen LogP contribution < -0.4 is 0 Å². The van der Waals surface area contributed by atoms with Crippen LogP contribution in [0.15, 0.2) is 303 Å². The molecular weight excluding hydrogens is 985 g/mol. The van der Waals surface area contributed by atoms with E-state index in [0.29, 0.717) is 0 Å². The lowest BCUT2D eigenvalue weighted by atomic mass is 9.59. The van der Waals surface area contributed by atoms with E-state index in [1.807, 2.05) is 0 Å². The first-order valence-corrected chi connectivity index (χ1v) is 28.8. The minimum absolute atomic E-state index is 0.783. The summed E-state index contributed by atoms with van der Waals surface area (Å²) in [4.78, 5) is 0. The summed E-state index contributed by atoms with van der Waals surface area (Å²) < 4.78 is 0. The van der Waals surface area contributed by atoms with Gasteiger partial charge in [-0.05, 0) is 207 Å². The minimum Gasteiger partial charge on any atom is -0.0616 e. The Balaban J connectivity index is 0.991. The maximum Gasteiger partial charge on any atom is 0.0707 e. The van der Waals surface area contributed by atoms with Crippen molar-refractivity contribution in [2.45, 2.75) is 11.8 Å². The Labute approximate surface area is 476 Å². The van der Waals surface area contributed by atoms with Crippen molar-refractivity contribution in [2.24, 2.45) is 0 Å². The summed E-state index contributed by atoms with van der Waals surface area (Å²) in [6, 6.07) is 115. The molecule has 0 nitrogen and oxygen atoms in total. The summed E-state index contributed by atoms with van der Waals surface area (Å²) in [5.41, 5.74) is 16.8. The van der Waals surface area contributed by atoms with Crippen molar-refractivity contribution in [3.05, 3.63) is 337 Å². The Bertz CT molecular complexity index is 4740. The maximum absolute atomic E-state index is 2.59. The molecule has 0 saturated heterocycles. The lowest BCUT2D eigenvalue weighted by molar-refractivity contribution is 0.704. The van der Waals surface area contributed by atoms with Crippen molar-refractivity contribution in [3.63, 3.8) is 0 Å². The fourth-order valence-electron chi connectivity index (χ4n) is 14.7. The molecule has 17 rings (SSSR count). The molecule has 1 aliphatic carbocycles. The molecule has 0 heteroatoms. The Morgan fingerprint density at radius 1 is 0.195 bits per heavy atom.